The van der Waals surface area contributed by atoms with Crippen molar-refractivity contribution < 1.29 is 27.9 Å². The summed E-state index contributed by atoms with van der Waals surface area (Å²) < 4.78 is 36.4. The monoisotopic (exact) mass is 254 g/mol. The van der Waals surface area contributed by atoms with Gasteiger partial charge in [-0.3, -0.25) is 14.5 Å². The highest BCUT2D eigenvalue weighted by molar-refractivity contribution is 5.82. The number of halogens is 3. The minimum Gasteiger partial charge on any atom is -0.480 e. The Hall–Kier alpha value is -1.31. The first kappa shape index (κ1) is 13.8. The highest BCUT2D eigenvalue weighted by Gasteiger charge is 2.44. The summed E-state index contributed by atoms with van der Waals surface area (Å²) in [6.07, 6.45) is -4.51. The second-order valence-electron chi connectivity index (χ2n) is 4.00. The van der Waals surface area contributed by atoms with Gasteiger partial charge < -0.3 is 10.0 Å². The van der Waals surface area contributed by atoms with E-state index in [0.717, 1.165) is 0 Å². The maximum absolute atomic E-state index is 12.1. The molecule has 1 amide bonds. The molecule has 1 aliphatic rings. The molecule has 0 aromatic carbocycles. The largest absolute Gasteiger partial charge is 0.480 e. The molecular weight excluding hydrogens is 241 g/mol. The third kappa shape index (κ3) is 3.58. The van der Waals surface area contributed by atoms with Gasteiger partial charge in [-0.15, -0.1) is 0 Å². The van der Waals surface area contributed by atoms with Gasteiger partial charge in [-0.25, -0.2) is 0 Å². The highest BCUT2D eigenvalue weighted by atomic mass is 19.4. The number of aliphatic carboxylic acids is 1. The summed E-state index contributed by atoms with van der Waals surface area (Å²) in [5, 5.41) is 8.55. The second kappa shape index (κ2) is 4.91. The van der Waals surface area contributed by atoms with E-state index >= 15 is 0 Å². The van der Waals surface area contributed by atoms with E-state index in [-0.39, 0.29) is 25.7 Å². The molecule has 1 N–H and O–H groups in total. The third-order valence-electron chi connectivity index (χ3n) is 2.70. The molecule has 0 bridgehead atoms. The summed E-state index contributed by atoms with van der Waals surface area (Å²) in [5.74, 6) is -2.91. The molecule has 1 unspecified atom stereocenters. The van der Waals surface area contributed by atoms with E-state index in [1.54, 1.807) is 0 Å². The number of amides is 1. The number of likely N-dealkylation sites (N-methyl/N-ethyl adjacent to an activating group) is 1. The molecule has 1 aliphatic heterocycles. The molecule has 0 radical (unpaired) electrons. The average Bonchev–Trinajstić information content (AvgIpc) is 2.62. The number of hydrogen-bond acceptors (Lipinski definition) is 3. The van der Waals surface area contributed by atoms with Crippen LogP contribution in [0, 0.1) is 0 Å². The standard InChI is InChI=1S/C9H13F3N2O3/c1-13(5-7(15)16)6-2-3-14(4-6)8(17)9(10,11)12/h6H,2-5H2,1H3,(H,15,16). The van der Waals surface area contributed by atoms with Gasteiger partial charge in [0.25, 0.3) is 0 Å². The molecule has 17 heavy (non-hydrogen) atoms. The van der Waals surface area contributed by atoms with E-state index in [1.165, 1.54) is 11.9 Å². The minimum absolute atomic E-state index is 0.00691. The van der Waals surface area contributed by atoms with E-state index in [0.29, 0.717) is 11.3 Å². The maximum atomic E-state index is 12.1. The summed E-state index contributed by atoms with van der Waals surface area (Å²) in [7, 11) is 1.51. The lowest BCUT2D eigenvalue weighted by Crippen LogP contribution is -2.43. The van der Waals surface area contributed by atoms with Gasteiger partial charge in [-0.2, -0.15) is 13.2 Å². The second-order valence-corrected chi connectivity index (χ2v) is 4.00. The van der Waals surface area contributed by atoms with Gasteiger partial charge in [0.2, 0.25) is 0 Å². The summed E-state index contributed by atoms with van der Waals surface area (Å²) in [5.41, 5.74) is 0. The number of hydrogen-bond donors (Lipinski definition) is 1. The van der Waals surface area contributed by atoms with Crippen LogP contribution in [0.25, 0.3) is 0 Å². The maximum Gasteiger partial charge on any atom is 0.471 e. The zero-order valence-electron chi connectivity index (χ0n) is 9.20. The first-order valence-electron chi connectivity index (χ1n) is 5.00. The molecule has 0 saturated carbocycles. The van der Waals surface area contributed by atoms with Crippen molar-refractivity contribution in [3.8, 4) is 0 Å². The molecule has 1 rings (SSSR count). The van der Waals surface area contributed by atoms with Gasteiger partial charge in [0.15, 0.2) is 0 Å². The lowest BCUT2D eigenvalue weighted by atomic mass is 10.2. The first-order chi connectivity index (χ1) is 7.71. The topological polar surface area (TPSA) is 60.9 Å². The van der Waals surface area contributed by atoms with Crippen molar-refractivity contribution in [2.45, 2.75) is 18.6 Å². The molecule has 0 aromatic rings. The molecule has 1 saturated heterocycles. The van der Waals surface area contributed by atoms with Crippen LogP contribution in [0.2, 0.25) is 0 Å². The predicted octanol–water partition coefficient (Wildman–Crippen LogP) is 0.166. The van der Waals surface area contributed by atoms with E-state index in [1.807, 2.05) is 0 Å². The normalized spacial score (nSPS) is 21.0. The molecule has 1 heterocycles. The molecule has 0 spiro atoms. The van der Waals surface area contributed by atoms with Crippen LogP contribution in [0.4, 0.5) is 13.2 Å². The van der Waals surface area contributed by atoms with Crippen molar-refractivity contribution in [3.05, 3.63) is 0 Å². The van der Waals surface area contributed by atoms with Crippen molar-refractivity contribution in [1.29, 1.82) is 0 Å². The summed E-state index contributed by atoms with van der Waals surface area (Å²) in [4.78, 5) is 23.5. The van der Waals surface area contributed by atoms with Crippen molar-refractivity contribution >= 4 is 11.9 Å². The van der Waals surface area contributed by atoms with E-state index in [9.17, 15) is 22.8 Å². The fourth-order valence-electron chi connectivity index (χ4n) is 1.81. The van der Waals surface area contributed by atoms with Crippen LogP contribution in [0.1, 0.15) is 6.42 Å². The quantitative estimate of drug-likeness (QED) is 0.779. The number of likely N-dealkylation sites (tertiary alicyclic amines) is 1. The van der Waals surface area contributed by atoms with Crippen LogP contribution in [-0.2, 0) is 9.59 Å². The van der Waals surface area contributed by atoms with Crippen molar-refractivity contribution in [3.63, 3.8) is 0 Å². The van der Waals surface area contributed by atoms with E-state index in [4.69, 9.17) is 5.11 Å². The number of carboxylic acid groups (broad SMARTS) is 1. The summed E-state index contributed by atoms with van der Waals surface area (Å²) in [6.45, 7) is -0.326. The fourth-order valence-corrected chi connectivity index (χ4v) is 1.81. The molecule has 8 heteroatoms. The van der Waals surface area contributed by atoms with Gasteiger partial charge in [0.1, 0.15) is 0 Å². The highest BCUT2D eigenvalue weighted by Crippen LogP contribution is 2.23. The zero-order chi connectivity index (χ0) is 13.2. The Labute approximate surface area is 95.8 Å². The number of nitrogens with zero attached hydrogens (tertiary/aromatic N) is 2. The molecule has 1 fully saturated rings. The Morgan fingerprint density at radius 2 is 2.06 bits per heavy atom. The Balaban J connectivity index is 2.53. The van der Waals surface area contributed by atoms with Crippen LogP contribution in [-0.4, -0.2) is 65.7 Å². The number of carbonyl (C=O) groups excluding carboxylic acids is 1. The molecular formula is C9H13F3N2O3. The van der Waals surface area contributed by atoms with Gasteiger partial charge >= 0.3 is 18.1 Å². The predicted molar refractivity (Wildman–Crippen MR) is 51.3 cm³/mol. The minimum atomic E-state index is -4.86. The first-order valence-corrected chi connectivity index (χ1v) is 5.00. The molecule has 0 aromatic heterocycles. The van der Waals surface area contributed by atoms with Crippen molar-refractivity contribution in [1.82, 2.24) is 9.80 Å². The van der Waals surface area contributed by atoms with Gasteiger partial charge in [0, 0.05) is 19.1 Å². The average molecular weight is 254 g/mol. The van der Waals surface area contributed by atoms with E-state index < -0.39 is 18.1 Å². The van der Waals surface area contributed by atoms with Crippen molar-refractivity contribution in [2.24, 2.45) is 0 Å². The SMILES string of the molecule is CN(CC(=O)O)C1CCN(C(=O)C(F)(F)F)C1. The van der Waals surface area contributed by atoms with Gasteiger partial charge in [-0.05, 0) is 13.5 Å². The van der Waals surface area contributed by atoms with Crippen LogP contribution >= 0.6 is 0 Å². The van der Waals surface area contributed by atoms with Gasteiger partial charge in [-0.1, -0.05) is 0 Å². The molecule has 1 atom stereocenters. The van der Waals surface area contributed by atoms with Crippen LogP contribution in [0.3, 0.4) is 0 Å². The number of rotatable bonds is 3. The molecule has 0 aliphatic carbocycles. The third-order valence-corrected chi connectivity index (χ3v) is 2.70. The molecule has 5 nitrogen and oxygen atoms in total. The number of alkyl halides is 3. The Bertz CT molecular complexity index is 319. The Kier molecular flexibility index (Phi) is 3.97. The van der Waals surface area contributed by atoms with Crippen LogP contribution in [0.5, 0.6) is 0 Å². The summed E-state index contributed by atoms with van der Waals surface area (Å²) in [6, 6.07) is -0.336. The Morgan fingerprint density at radius 1 is 1.47 bits per heavy atom. The smallest absolute Gasteiger partial charge is 0.471 e. The lowest BCUT2D eigenvalue weighted by molar-refractivity contribution is -0.184. The molecule has 98 valence electrons. The van der Waals surface area contributed by atoms with Crippen molar-refractivity contribution in [2.75, 3.05) is 26.7 Å². The summed E-state index contributed by atoms with van der Waals surface area (Å²) >= 11 is 0. The number of carbonyl (C=O) groups is 2. The lowest BCUT2D eigenvalue weighted by Gasteiger charge is -2.23. The number of carboxylic acids is 1. The van der Waals surface area contributed by atoms with E-state index in [2.05, 4.69) is 0 Å². The Morgan fingerprint density at radius 3 is 2.53 bits per heavy atom. The fraction of sp³-hybridized carbons (Fsp3) is 0.778. The van der Waals surface area contributed by atoms with Crippen LogP contribution < -0.4 is 0 Å². The van der Waals surface area contributed by atoms with Gasteiger partial charge in [0.05, 0.1) is 6.54 Å². The van der Waals surface area contributed by atoms with Crippen LogP contribution in [0.15, 0.2) is 0 Å². The zero-order valence-corrected chi connectivity index (χ0v) is 9.20.